The molecule has 0 radical (unpaired) electrons. The molecule has 1 saturated carbocycles. The molecule has 1 aliphatic carbocycles. The number of rotatable bonds is 8. The molecule has 0 aliphatic heterocycles. The molecule has 6 heteroatoms. The van der Waals surface area contributed by atoms with Gasteiger partial charge in [0.15, 0.2) is 0 Å². The Morgan fingerprint density at radius 1 is 1.27 bits per heavy atom. The van der Waals surface area contributed by atoms with Crippen molar-refractivity contribution in [3.05, 3.63) is 59.1 Å². The molecule has 0 bridgehead atoms. The van der Waals surface area contributed by atoms with Crippen molar-refractivity contribution in [2.45, 2.75) is 39.5 Å². The molecule has 156 valence electrons. The molecule has 6 nitrogen and oxygen atoms in total. The van der Waals surface area contributed by atoms with Gasteiger partial charge in [0.05, 0.1) is 12.2 Å². The fourth-order valence-electron chi connectivity index (χ4n) is 3.01. The Hall–Kier alpha value is -3.33. The van der Waals surface area contributed by atoms with Gasteiger partial charge in [-0.25, -0.2) is 4.79 Å². The number of anilines is 1. The van der Waals surface area contributed by atoms with Crippen molar-refractivity contribution in [2.75, 3.05) is 11.9 Å². The summed E-state index contributed by atoms with van der Waals surface area (Å²) in [4.78, 5) is 24.5. The molecule has 1 heterocycles. The Kier molecular flexibility index (Phi) is 6.73. The first kappa shape index (κ1) is 21.4. The molecule has 1 aromatic heterocycles. The SMILES string of the molecule is CC(C)CCOC(=O)c1ccc(NC(=O)/C(C#N)=C/c2ccc([C@@H]3C[C@@H]3C)o2)cc1. The number of hydrogen-bond donors (Lipinski definition) is 1. The zero-order valence-electron chi connectivity index (χ0n) is 17.5. The second-order valence-corrected chi connectivity index (χ2v) is 8.08. The molecule has 1 aliphatic rings. The standard InChI is InChI=1S/C24H26N2O4/c1-15(2)10-11-29-24(28)17-4-6-19(7-5-17)26-23(27)18(14-25)13-20-8-9-22(30-20)21-12-16(21)3/h4-9,13,15-16,21H,10-12H2,1-3H3,(H,26,27)/b18-13+/t16-,21+/m0/s1. The summed E-state index contributed by atoms with van der Waals surface area (Å²) in [5.74, 6) is 1.94. The first-order valence-corrected chi connectivity index (χ1v) is 10.2. The predicted molar refractivity (Wildman–Crippen MR) is 114 cm³/mol. The molecule has 1 amide bonds. The highest BCUT2D eigenvalue weighted by atomic mass is 16.5. The number of benzene rings is 1. The molecule has 1 fully saturated rings. The van der Waals surface area contributed by atoms with Gasteiger partial charge in [0.2, 0.25) is 0 Å². The van der Waals surface area contributed by atoms with Crippen LogP contribution in [0.1, 0.15) is 61.4 Å². The fourth-order valence-corrected chi connectivity index (χ4v) is 3.01. The van der Waals surface area contributed by atoms with Gasteiger partial charge < -0.3 is 14.5 Å². The van der Waals surface area contributed by atoms with E-state index in [1.807, 2.05) is 12.1 Å². The average Bonchev–Trinajstić information content (AvgIpc) is 3.26. The molecular weight excluding hydrogens is 380 g/mol. The maximum atomic E-state index is 12.4. The number of carbonyl (C=O) groups excluding carboxylic acids is 2. The monoisotopic (exact) mass is 406 g/mol. The number of nitrogens with zero attached hydrogens (tertiary/aromatic N) is 1. The first-order valence-electron chi connectivity index (χ1n) is 10.2. The van der Waals surface area contributed by atoms with E-state index in [4.69, 9.17) is 9.15 Å². The van der Waals surface area contributed by atoms with Crippen molar-refractivity contribution in [1.29, 1.82) is 5.26 Å². The number of carbonyl (C=O) groups is 2. The Labute approximate surface area is 176 Å². The molecule has 0 spiro atoms. The van der Waals surface area contributed by atoms with Gasteiger partial charge in [0.25, 0.3) is 5.91 Å². The molecule has 0 saturated heterocycles. The molecule has 2 atom stereocenters. The smallest absolute Gasteiger partial charge is 0.338 e. The van der Waals surface area contributed by atoms with Gasteiger partial charge in [-0.1, -0.05) is 20.8 Å². The quantitative estimate of drug-likeness (QED) is 0.372. The van der Waals surface area contributed by atoms with E-state index in [0.29, 0.717) is 41.4 Å². The highest BCUT2D eigenvalue weighted by molar-refractivity contribution is 6.09. The van der Waals surface area contributed by atoms with Gasteiger partial charge >= 0.3 is 5.97 Å². The van der Waals surface area contributed by atoms with Crippen LogP contribution in [-0.4, -0.2) is 18.5 Å². The average molecular weight is 406 g/mol. The Balaban J connectivity index is 1.59. The lowest BCUT2D eigenvalue weighted by molar-refractivity contribution is -0.112. The summed E-state index contributed by atoms with van der Waals surface area (Å²) < 4.78 is 11.0. The van der Waals surface area contributed by atoms with Crippen LogP contribution in [-0.2, 0) is 9.53 Å². The molecule has 0 unspecified atom stereocenters. The van der Waals surface area contributed by atoms with Crippen LogP contribution in [0, 0.1) is 23.2 Å². The van der Waals surface area contributed by atoms with Crippen LogP contribution in [0.4, 0.5) is 5.69 Å². The van der Waals surface area contributed by atoms with E-state index < -0.39 is 11.9 Å². The van der Waals surface area contributed by atoms with Gasteiger partial charge in [0, 0.05) is 17.7 Å². The van der Waals surface area contributed by atoms with E-state index in [2.05, 4.69) is 26.1 Å². The Morgan fingerprint density at radius 2 is 1.97 bits per heavy atom. The highest BCUT2D eigenvalue weighted by Gasteiger charge is 2.36. The predicted octanol–water partition coefficient (Wildman–Crippen LogP) is 5.15. The number of esters is 1. The molecule has 2 aromatic rings. The van der Waals surface area contributed by atoms with Crippen molar-refractivity contribution in [3.63, 3.8) is 0 Å². The third kappa shape index (κ3) is 5.60. The number of furan rings is 1. The van der Waals surface area contributed by atoms with Crippen molar-refractivity contribution in [3.8, 4) is 6.07 Å². The maximum Gasteiger partial charge on any atom is 0.338 e. The first-order chi connectivity index (χ1) is 14.4. The van der Waals surface area contributed by atoms with Crippen LogP contribution < -0.4 is 5.32 Å². The minimum Gasteiger partial charge on any atom is -0.462 e. The van der Waals surface area contributed by atoms with Crippen LogP contribution in [0.2, 0.25) is 0 Å². The van der Waals surface area contributed by atoms with E-state index >= 15 is 0 Å². The minimum atomic E-state index is -0.539. The van der Waals surface area contributed by atoms with Crippen molar-refractivity contribution >= 4 is 23.6 Å². The van der Waals surface area contributed by atoms with E-state index in [1.54, 1.807) is 30.3 Å². The topological polar surface area (TPSA) is 92.3 Å². The van der Waals surface area contributed by atoms with Crippen LogP contribution in [0.15, 0.2) is 46.4 Å². The fraction of sp³-hybridized carbons (Fsp3) is 0.375. The van der Waals surface area contributed by atoms with Crippen LogP contribution in [0.5, 0.6) is 0 Å². The van der Waals surface area contributed by atoms with Crippen LogP contribution in [0.3, 0.4) is 0 Å². The Morgan fingerprint density at radius 3 is 2.57 bits per heavy atom. The summed E-state index contributed by atoms with van der Waals surface area (Å²) in [6, 6.07) is 11.9. The lowest BCUT2D eigenvalue weighted by Crippen LogP contribution is -2.13. The van der Waals surface area contributed by atoms with Gasteiger partial charge in [-0.05, 0) is 61.1 Å². The second-order valence-electron chi connectivity index (χ2n) is 8.08. The summed E-state index contributed by atoms with van der Waals surface area (Å²) in [6.07, 6.45) is 3.34. The van der Waals surface area contributed by atoms with Crippen LogP contribution >= 0.6 is 0 Å². The number of nitrogens with one attached hydrogen (secondary N) is 1. The third-order valence-corrected chi connectivity index (χ3v) is 5.08. The van der Waals surface area contributed by atoms with Gasteiger partial charge in [-0.15, -0.1) is 0 Å². The third-order valence-electron chi connectivity index (χ3n) is 5.08. The summed E-state index contributed by atoms with van der Waals surface area (Å²) in [7, 11) is 0. The summed E-state index contributed by atoms with van der Waals surface area (Å²) in [6.45, 7) is 6.66. The summed E-state index contributed by atoms with van der Waals surface area (Å²) >= 11 is 0. The maximum absolute atomic E-state index is 12.4. The minimum absolute atomic E-state index is 0.0584. The van der Waals surface area contributed by atoms with Crippen LogP contribution in [0.25, 0.3) is 6.08 Å². The lowest BCUT2D eigenvalue weighted by Gasteiger charge is -2.08. The number of nitriles is 1. The van der Waals surface area contributed by atoms with Gasteiger partial charge in [0.1, 0.15) is 23.2 Å². The highest BCUT2D eigenvalue weighted by Crippen LogP contribution is 2.47. The van der Waals surface area contributed by atoms with E-state index in [0.717, 1.165) is 18.6 Å². The molecule has 1 N–H and O–H groups in total. The Bertz CT molecular complexity index is 979. The lowest BCUT2D eigenvalue weighted by atomic mass is 10.1. The summed E-state index contributed by atoms with van der Waals surface area (Å²) in [5, 5.41) is 12.0. The number of amides is 1. The molecule has 30 heavy (non-hydrogen) atoms. The number of ether oxygens (including phenoxy) is 1. The van der Waals surface area contributed by atoms with E-state index in [1.165, 1.54) is 6.08 Å². The van der Waals surface area contributed by atoms with E-state index in [9.17, 15) is 14.9 Å². The zero-order chi connectivity index (χ0) is 21.7. The normalized spacial score (nSPS) is 18.0. The largest absolute Gasteiger partial charge is 0.462 e. The van der Waals surface area contributed by atoms with E-state index in [-0.39, 0.29) is 5.57 Å². The number of hydrogen-bond acceptors (Lipinski definition) is 5. The van der Waals surface area contributed by atoms with Crippen molar-refractivity contribution in [2.24, 2.45) is 11.8 Å². The summed E-state index contributed by atoms with van der Waals surface area (Å²) in [5.41, 5.74) is 0.828. The molecule has 1 aromatic carbocycles. The van der Waals surface area contributed by atoms with Gasteiger partial charge in [-0.2, -0.15) is 5.26 Å². The van der Waals surface area contributed by atoms with Gasteiger partial charge in [-0.3, -0.25) is 4.79 Å². The molecular formula is C24H26N2O4. The molecule has 3 rings (SSSR count). The zero-order valence-corrected chi connectivity index (χ0v) is 17.5. The van der Waals surface area contributed by atoms with Crippen molar-refractivity contribution < 1.29 is 18.7 Å². The van der Waals surface area contributed by atoms with Crippen molar-refractivity contribution in [1.82, 2.24) is 0 Å². The second kappa shape index (κ2) is 9.45.